The third kappa shape index (κ3) is 4.80. The van der Waals surface area contributed by atoms with Crippen molar-refractivity contribution in [3.63, 3.8) is 0 Å². The largest absolute Gasteiger partial charge is 0.465 e. The number of aliphatic imine (C=N–C) groups is 1. The summed E-state index contributed by atoms with van der Waals surface area (Å²) in [6, 6.07) is 2.81. The number of ether oxygens (including phenoxy) is 1. The molecule has 4 nitrogen and oxygen atoms in total. The number of hydrogen-bond acceptors (Lipinski definition) is 4. The lowest BCUT2D eigenvalue weighted by molar-refractivity contribution is -0.0862. The summed E-state index contributed by atoms with van der Waals surface area (Å²) in [4.78, 5) is 15.3. The zero-order valence-electron chi connectivity index (χ0n) is 12.6. The average Bonchev–Trinajstić information content (AvgIpc) is 2.48. The summed E-state index contributed by atoms with van der Waals surface area (Å²) >= 11 is 0. The van der Waals surface area contributed by atoms with E-state index in [9.17, 15) is 22.4 Å². The second-order valence-corrected chi connectivity index (χ2v) is 4.53. The third-order valence-electron chi connectivity index (χ3n) is 2.81. The van der Waals surface area contributed by atoms with E-state index in [1.165, 1.54) is 0 Å². The molecule has 8 heteroatoms. The quantitative estimate of drug-likeness (QED) is 0.511. The number of allylic oxidation sites excluding steroid dienone is 1. The van der Waals surface area contributed by atoms with E-state index in [-0.39, 0.29) is 17.7 Å². The van der Waals surface area contributed by atoms with Crippen molar-refractivity contribution >= 4 is 11.7 Å². The highest BCUT2D eigenvalue weighted by Crippen LogP contribution is 2.29. The molecule has 0 aliphatic rings. The fourth-order valence-corrected chi connectivity index (χ4v) is 1.83. The number of rotatable bonds is 5. The van der Waals surface area contributed by atoms with Crippen molar-refractivity contribution in [1.29, 1.82) is 0 Å². The van der Waals surface area contributed by atoms with Crippen molar-refractivity contribution < 1.29 is 27.1 Å². The molecule has 0 amide bonds. The van der Waals surface area contributed by atoms with Crippen molar-refractivity contribution in [2.75, 3.05) is 13.7 Å². The first kappa shape index (κ1) is 18.7. The Morgan fingerprint density at radius 3 is 2.39 bits per heavy atom. The Bertz CT molecular complexity index is 637. The van der Waals surface area contributed by atoms with E-state index in [1.54, 1.807) is 6.92 Å². The molecular weight excluding hydrogens is 316 g/mol. The summed E-state index contributed by atoms with van der Waals surface area (Å²) in [5.41, 5.74) is 2.94. The van der Waals surface area contributed by atoms with Crippen LogP contribution < -0.4 is 5.73 Å². The number of nitrogens with two attached hydrogens (primary N) is 1. The highest BCUT2D eigenvalue weighted by molar-refractivity contribution is 6.14. The number of carbonyl (C=O) groups is 1. The van der Waals surface area contributed by atoms with Crippen LogP contribution in [0.15, 0.2) is 35.0 Å². The van der Waals surface area contributed by atoms with Gasteiger partial charge in [-0.15, -0.1) is 0 Å². The van der Waals surface area contributed by atoms with Gasteiger partial charge in [-0.2, -0.15) is 13.2 Å². The van der Waals surface area contributed by atoms with Gasteiger partial charge in [0.1, 0.15) is 5.82 Å². The Kier molecular flexibility index (Phi) is 6.29. The average molecular weight is 332 g/mol. The fourth-order valence-electron chi connectivity index (χ4n) is 1.83. The van der Waals surface area contributed by atoms with E-state index in [1.807, 2.05) is 0 Å². The highest BCUT2D eigenvalue weighted by Gasteiger charge is 2.37. The first-order valence-electron chi connectivity index (χ1n) is 6.67. The molecule has 0 saturated heterocycles. The normalized spacial score (nSPS) is 13.1. The summed E-state index contributed by atoms with van der Waals surface area (Å²) in [5, 5.41) is 0. The number of methoxy groups -OCH3 is 1. The molecule has 126 valence electrons. The van der Waals surface area contributed by atoms with Gasteiger partial charge in [0.15, 0.2) is 0 Å². The first-order chi connectivity index (χ1) is 10.7. The van der Waals surface area contributed by atoms with Crippen LogP contribution >= 0.6 is 0 Å². The lowest BCUT2D eigenvalue weighted by Gasteiger charge is -2.15. The van der Waals surface area contributed by atoms with Crippen LogP contribution in [-0.2, 0) is 4.74 Å². The number of hydrogen-bond donors (Lipinski definition) is 1. The monoisotopic (exact) mass is 332 g/mol. The van der Waals surface area contributed by atoms with E-state index < -0.39 is 29.2 Å². The lowest BCUT2D eigenvalue weighted by atomic mass is 10.00. The van der Waals surface area contributed by atoms with E-state index in [0.717, 1.165) is 25.3 Å². The molecule has 1 rings (SSSR count). The van der Waals surface area contributed by atoms with Crippen molar-refractivity contribution in [3.05, 3.63) is 46.9 Å². The van der Waals surface area contributed by atoms with Gasteiger partial charge in [-0.3, -0.25) is 4.99 Å². The predicted octanol–water partition coefficient (Wildman–Crippen LogP) is 3.22. The van der Waals surface area contributed by atoms with Crippen LogP contribution in [-0.4, -0.2) is 31.5 Å². The predicted molar refractivity (Wildman–Crippen MR) is 77.8 cm³/mol. The van der Waals surface area contributed by atoms with Crippen LogP contribution in [0.3, 0.4) is 0 Å². The maximum absolute atomic E-state index is 13.7. The fraction of sp³-hybridized carbons (Fsp3) is 0.333. The number of carbonyl (C=O) groups excluding carboxylic acids is 1. The summed E-state index contributed by atoms with van der Waals surface area (Å²) in [6.07, 6.45) is -3.91. The van der Waals surface area contributed by atoms with Gasteiger partial charge >= 0.3 is 12.1 Å². The highest BCUT2D eigenvalue weighted by atomic mass is 19.4. The smallest absolute Gasteiger partial charge is 0.419 e. The molecule has 1 aromatic carbocycles. The van der Waals surface area contributed by atoms with Gasteiger partial charge in [-0.05, 0) is 24.6 Å². The second-order valence-electron chi connectivity index (χ2n) is 4.53. The molecule has 0 bridgehead atoms. The van der Waals surface area contributed by atoms with Crippen LogP contribution in [0.1, 0.15) is 29.3 Å². The molecule has 0 unspecified atom stereocenters. The maximum atomic E-state index is 13.7. The minimum atomic E-state index is -4.76. The minimum absolute atomic E-state index is 0.0901. The number of nitrogens with zero attached hydrogens (tertiary/aromatic N) is 1. The Hall–Kier alpha value is -2.38. The topological polar surface area (TPSA) is 64.7 Å². The van der Waals surface area contributed by atoms with Gasteiger partial charge < -0.3 is 10.5 Å². The Labute approximate surface area is 130 Å². The zero-order chi connectivity index (χ0) is 17.6. The summed E-state index contributed by atoms with van der Waals surface area (Å²) in [5.74, 6) is -1.75. The third-order valence-corrected chi connectivity index (χ3v) is 2.81. The minimum Gasteiger partial charge on any atom is -0.465 e. The molecule has 23 heavy (non-hydrogen) atoms. The summed E-state index contributed by atoms with van der Waals surface area (Å²) < 4.78 is 57.4. The van der Waals surface area contributed by atoms with Crippen LogP contribution in [0.4, 0.5) is 17.6 Å². The lowest BCUT2D eigenvalue weighted by Crippen LogP contribution is -2.23. The van der Waals surface area contributed by atoms with E-state index in [4.69, 9.17) is 5.73 Å². The van der Waals surface area contributed by atoms with Gasteiger partial charge in [-0.1, -0.05) is 6.92 Å². The van der Waals surface area contributed by atoms with Gasteiger partial charge in [0.2, 0.25) is 0 Å². The molecule has 0 atom stereocenters. The molecule has 0 saturated carbocycles. The number of esters is 1. The Morgan fingerprint density at radius 1 is 1.30 bits per heavy atom. The van der Waals surface area contributed by atoms with Crippen molar-refractivity contribution in [1.82, 2.24) is 0 Å². The maximum Gasteiger partial charge on any atom is 0.419 e. The van der Waals surface area contributed by atoms with E-state index >= 15 is 0 Å². The molecule has 0 aromatic heterocycles. The zero-order valence-corrected chi connectivity index (χ0v) is 12.6. The van der Waals surface area contributed by atoms with Gasteiger partial charge in [0, 0.05) is 18.3 Å². The molecule has 0 spiro atoms. The standard InChI is InChI=1S/C15H16F4N2O2/c1-3-4-21-13(12(8-20)15(17,18)19)9-5-10(14(22)23-2)7-11(16)6-9/h5-8H,3-4,20H2,1-2H3. The molecule has 0 aliphatic carbocycles. The molecule has 0 radical (unpaired) electrons. The first-order valence-corrected chi connectivity index (χ1v) is 6.67. The molecule has 0 fully saturated rings. The Morgan fingerprint density at radius 2 is 1.91 bits per heavy atom. The SMILES string of the molecule is CCCN=C(C(=CN)C(F)(F)F)c1cc(F)cc(C(=O)OC)c1. The molecule has 0 heterocycles. The van der Waals surface area contributed by atoms with Crippen LogP contribution in [0.2, 0.25) is 0 Å². The van der Waals surface area contributed by atoms with Crippen LogP contribution in [0.25, 0.3) is 0 Å². The van der Waals surface area contributed by atoms with Crippen molar-refractivity contribution in [2.45, 2.75) is 19.5 Å². The van der Waals surface area contributed by atoms with Crippen molar-refractivity contribution in [3.8, 4) is 0 Å². The molecule has 0 aliphatic heterocycles. The number of benzene rings is 1. The summed E-state index contributed by atoms with van der Waals surface area (Å²) in [7, 11) is 1.08. The van der Waals surface area contributed by atoms with Gasteiger partial charge in [0.05, 0.1) is 24.0 Å². The number of alkyl halides is 3. The molecular formula is C15H16F4N2O2. The molecule has 1 aromatic rings. The summed E-state index contributed by atoms with van der Waals surface area (Å²) in [6.45, 7) is 1.82. The molecule has 2 N–H and O–H groups in total. The van der Waals surface area contributed by atoms with Crippen LogP contribution in [0, 0.1) is 5.82 Å². The van der Waals surface area contributed by atoms with Gasteiger partial charge in [0.25, 0.3) is 0 Å². The second kappa shape index (κ2) is 7.75. The van der Waals surface area contributed by atoms with E-state index in [0.29, 0.717) is 12.6 Å². The van der Waals surface area contributed by atoms with Gasteiger partial charge in [-0.25, -0.2) is 9.18 Å². The van der Waals surface area contributed by atoms with E-state index in [2.05, 4.69) is 9.73 Å². The Balaban J connectivity index is 3.51. The number of halogens is 4. The van der Waals surface area contributed by atoms with Crippen LogP contribution in [0.5, 0.6) is 0 Å². The van der Waals surface area contributed by atoms with Crippen molar-refractivity contribution in [2.24, 2.45) is 10.7 Å².